The van der Waals surface area contributed by atoms with E-state index in [-0.39, 0.29) is 23.0 Å². The highest BCUT2D eigenvalue weighted by Crippen LogP contribution is 2.30. The Labute approximate surface area is 172 Å². The molecule has 1 aliphatic rings. The average molecular weight is 401 g/mol. The van der Waals surface area contributed by atoms with Crippen LogP contribution in [0.5, 0.6) is 5.75 Å². The lowest BCUT2D eigenvalue weighted by atomic mass is 9.79. The van der Waals surface area contributed by atoms with E-state index in [4.69, 9.17) is 9.15 Å². The van der Waals surface area contributed by atoms with Gasteiger partial charge in [0.2, 0.25) is 0 Å². The van der Waals surface area contributed by atoms with Gasteiger partial charge in [-0.1, -0.05) is 0 Å². The lowest BCUT2D eigenvalue weighted by Gasteiger charge is -2.46. The third-order valence-electron chi connectivity index (χ3n) is 5.53. The van der Waals surface area contributed by atoms with E-state index >= 15 is 0 Å². The second kappa shape index (κ2) is 7.48. The molecule has 1 atom stereocenters. The number of nitrogens with one attached hydrogen (secondary N) is 2. The highest BCUT2D eigenvalue weighted by atomic mass is 16.5. The number of hydrogen-bond donors (Lipinski definition) is 2. The molecule has 1 aliphatic heterocycles. The maximum atomic E-state index is 12.8. The standard InChI is InChI=1S/C23H32N2O4/c1-13-10-19(26)29-20-14(2)18(9-8-17(13)20)28-15(3)21(27)24-16-11-22(4,5)25-23(6,7)12-16/h8-10,15-16,25H,11-12H2,1-7H3,(H,24,27)/t15-/m1/s1. The number of hydrogen-bond acceptors (Lipinski definition) is 5. The highest BCUT2D eigenvalue weighted by Gasteiger charge is 2.38. The number of aryl methyl sites for hydroxylation is 2. The first-order valence-corrected chi connectivity index (χ1v) is 10.2. The molecular formula is C23H32N2O4. The zero-order chi connectivity index (χ0) is 21.6. The molecule has 3 rings (SSSR count). The number of ether oxygens (including phenoxy) is 1. The van der Waals surface area contributed by atoms with Crippen molar-refractivity contribution in [3.63, 3.8) is 0 Å². The Hall–Kier alpha value is -2.34. The highest BCUT2D eigenvalue weighted by molar-refractivity contribution is 5.85. The van der Waals surface area contributed by atoms with Crippen LogP contribution < -0.4 is 21.0 Å². The van der Waals surface area contributed by atoms with Crippen LogP contribution in [0, 0.1) is 13.8 Å². The normalized spacial score (nSPS) is 19.7. The number of amides is 1. The minimum absolute atomic E-state index is 0.0475. The van der Waals surface area contributed by atoms with E-state index in [0.717, 1.165) is 23.8 Å². The molecule has 1 amide bonds. The number of benzene rings is 1. The summed E-state index contributed by atoms with van der Waals surface area (Å²) in [6.45, 7) is 14.1. The predicted octanol–water partition coefficient (Wildman–Crippen LogP) is 3.60. The molecule has 2 aromatic rings. The fraction of sp³-hybridized carbons (Fsp3) is 0.565. The molecule has 0 bridgehead atoms. The van der Waals surface area contributed by atoms with Crippen molar-refractivity contribution in [3.8, 4) is 5.75 Å². The second-order valence-corrected chi connectivity index (χ2v) is 9.58. The summed E-state index contributed by atoms with van der Waals surface area (Å²) in [6, 6.07) is 5.24. The van der Waals surface area contributed by atoms with Crippen LogP contribution in [-0.4, -0.2) is 29.1 Å². The fourth-order valence-corrected chi connectivity index (χ4v) is 4.61. The van der Waals surface area contributed by atoms with Crippen molar-refractivity contribution in [3.05, 3.63) is 39.7 Å². The number of fused-ring (bicyclic) bond motifs is 1. The van der Waals surface area contributed by atoms with Crippen LogP contribution >= 0.6 is 0 Å². The first-order valence-electron chi connectivity index (χ1n) is 10.2. The SMILES string of the molecule is Cc1cc(=O)oc2c(C)c(O[C@H](C)C(=O)NC3CC(C)(C)NC(C)(C)C3)ccc12. The van der Waals surface area contributed by atoms with Crippen molar-refractivity contribution in [2.45, 2.75) is 84.5 Å². The Morgan fingerprint density at radius 1 is 1.21 bits per heavy atom. The lowest BCUT2D eigenvalue weighted by Crippen LogP contribution is -2.62. The number of piperidine rings is 1. The molecule has 0 aliphatic carbocycles. The van der Waals surface area contributed by atoms with Crippen molar-refractivity contribution in [1.29, 1.82) is 0 Å². The van der Waals surface area contributed by atoms with E-state index in [0.29, 0.717) is 16.9 Å². The molecule has 0 saturated carbocycles. The van der Waals surface area contributed by atoms with Gasteiger partial charge in [0, 0.05) is 34.1 Å². The summed E-state index contributed by atoms with van der Waals surface area (Å²) in [7, 11) is 0. The first-order chi connectivity index (χ1) is 13.4. The molecule has 1 aromatic heterocycles. The maximum absolute atomic E-state index is 12.8. The van der Waals surface area contributed by atoms with Crippen LogP contribution in [0.2, 0.25) is 0 Å². The van der Waals surface area contributed by atoms with Crippen LogP contribution in [0.15, 0.2) is 27.4 Å². The monoisotopic (exact) mass is 400 g/mol. The van der Waals surface area contributed by atoms with Gasteiger partial charge in [-0.3, -0.25) is 4.79 Å². The average Bonchev–Trinajstić information content (AvgIpc) is 2.54. The van der Waals surface area contributed by atoms with Crippen molar-refractivity contribution in [2.75, 3.05) is 0 Å². The summed E-state index contributed by atoms with van der Waals surface area (Å²) >= 11 is 0. The molecular weight excluding hydrogens is 368 g/mol. The molecule has 1 aromatic carbocycles. The molecule has 0 radical (unpaired) electrons. The third-order valence-corrected chi connectivity index (χ3v) is 5.53. The number of carbonyl (C=O) groups is 1. The van der Waals surface area contributed by atoms with Gasteiger partial charge in [0.1, 0.15) is 11.3 Å². The summed E-state index contributed by atoms with van der Waals surface area (Å²) in [5.41, 5.74) is 1.58. The summed E-state index contributed by atoms with van der Waals surface area (Å²) in [6.07, 6.45) is 1.05. The van der Waals surface area contributed by atoms with E-state index in [2.05, 4.69) is 38.3 Å². The van der Waals surface area contributed by atoms with Crippen LogP contribution in [0.1, 0.15) is 58.6 Å². The van der Waals surface area contributed by atoms with Crippen LogP contribution in [0.3, 0.4) is 0 Å². The zero-order valence-corrected chi connectivity index (χ0v) is 18.4. The van der Waals surface area contributed by atoms with Crippen molar-refractivity contribution in [2.24, 2.45) is 0 Å². The Kier molecular flexibility index (Phi) is 5.52. The van der Waals surface area contributed by atoms with E-state index in [1.165, 1.54) is 6.07 Å². The van der Waals surface area contributed by atoms with Crippen molar-refractivity contribution in [1.82, 2.24) is 10.6 Å². The molecule has 6 nitrogen and oxygen atoms in total. The van der Waals surface area contributed by atoms with Gasteiger partial charge in [-0.05, 0) is 79.0 Å². The molecule has 0 unspecified atom stereocenters. The van der Waals surface area contributed by atoms with Gasteiger partial charge in [0.05, 0.1) is 0 Å². The molecule has 1 fully saturated rings. The maximum Gasteiger partial charge on any atom is 0.336 e. The predicted molar refractivity (Wildman–Crippen MR) is 115 cm³/mol. The van der Waals surface area contributed by atoms with Crippen LogP contribution in [0.25, 0.3) is 11.0 Å². The number of carbonyl (C=O) groups excluding carboxylic acids is 1. The van der Waals surface area contributed by atoms with E-state index in [1.54, 1.807) is 6.92 Å². The van der Waals surface area contributed by atoms with Gasteiger partial charge in [-0.2, -0.15) is 0 Å². The number of rotatable bonds is 4. The summed E-state index contributed by atoms with van der Waals surface area (Å²) in [5, 5.41) is 7.63. The molecule has 158 valence electrons. The van der Waals surface area contributed by atoms with E-state index < -0.39 is 11.7 Å². The fourth-order valence-electron chi connectivity index (χ4n) is 4.61. The van der Waals surface area contributed by atoms with Gasteiger partial charge < -0.3 is 19.8 Å². The van der Waals surface area contributed by atoms with E-state index in [9.17, 15) is 9.59 Å². The summed E-state index contributed by atoms with van der Waals surface area (Å²) in [4.78, 5) is 24.5. The van der Waals surface area contributed by atoms with Gasteiger partial charge in [0.15, 0.2) is 6.10 Å². The molecule has 2 N–H and O–H groups in total. The Morgan fingerprint density at radius 2 is 1.83 bits per heavy atom. The molecule has 6 heteroatoms. The lowest BCUT2D eigenvalue weighted by molar-refractivity contribution is -0.128. The minimum atomic E-state index is -0.663. The Balaban J connectivity index is 1.75. The molecule has 2 heterocycles. The minimum Gasteiger partial charge on any atom is -0.480 e. The zero-order valence-electron chi connectivity index (χ0n) is 18.4. The first kappa shape index (κ1) is 21.4. The summed E-state index contributed by atoms with van der Waals surface area (Å²) in [5.74, 6) is 0.397. The second-order valence-electron chi connectivity index (χ2n) is 9.58. The smallest absolute Gasteiger partial charge is 0.336 e. The molecule has 29 heavy (non-hydrogen) atoms. The summed E-state index contributed by atoms with van der Waals surface area (Å²) < 4.78 is 11.3. The van der Waals surface area contributed by atoms with Gasteiger partial charge >= 0.3 is 5.63 Å². The third kappa shape index (κ3) is 4.81. The quantitative estimate of drug-likeness (QED) is 0.767. The van der Waals surface area contributed by atoms with Crippen molar-refractivity contribution >= 4 is 16.9 Å². The van der Waals surface area contributed by atoms with Crippen LogP contribution in [0.4, 0.5) is 0 Å². The molecule has 1 saturated heterocycles. The Bertz CT molecular complexity index is 974. The van der Waals surface area contributed by atoms with Gasteiger partial charge in [-0.15, -0.1) is 0 Å². The van der Waals surface area contributed by atoms with E-state index in [1.807, 2.05) is 26.0 Å². The largest absolute Gasteiger partial charge is 0.480 e. The van der Waals surface area contributed by atoms with Gasteiger partial charge in [0.25, 0.3) is 5.91 Å². The van der Waals surface area contributed by atoms with Gasteiger partial charge in [-0.25, -0.2) is 4.79 Å². The van der Waals surface area contributed by atoms with Crippen LogP contribution in [-0.2, 0) is 4.79 Å². The topological polar surface area (TPSA) is 80.6 Å². The van der Waals surface area contributed by atoms with Crippen molar-refractivity contribution < 1.29 is 13.9 Å². The Morgan fingerprint density at radius 3 is 2.45 bits per heavy atom. The molecule has 0 spiro atoms.